The highest BCUT2D eigenvalue weighted by Crippen LogP contribution is 2.30. The molecule has 0 spiro atoms. The molecule has 2 aliphatic rings. The molecule has 2 fully saturated rings. The molecule has 2 aromatic rings. The zero-order valence-electron chi connectivity index (χ0n) is 16.6. The van der Waals surface area contributed by atoms with Gasteiger partial charge >= 0.3 is 0 Å². The summed E-state index contributed by atoms with van der Waals surface area (Å²) in [5.41, 5.74) is 1.34. The topological polar surface area (TPSA) is 61.9 Å². The molecule has 2 heterocycles. The van der Waals surface area contributed by atoms with Crippen molar-refractivity contribution in [2.24, 2.45) is 0 Å². The third-order valence-electron chi connectivity index (χ3n) is 5.72. The Bertz CT molecular complexity index is 945. The van der Waals surface area contributed by atoms with Gasteiger partial charge < -0.3 is 10.1 Å². The third-order valence-corrected chi connectivity index (χ3v) is 6.00. The van der Waals surface area contributed by atoms with Crippen molar-refractivity contribution >= 4 is 34.8 Å². The monoisotopic (exact) mass is 431 g/mol. The highest BCUT2D eigenvalue weighted by molar-refractivity contribution is 6.31. The van der Waals surface area contributed by atoms with Crippen molar-refractivity contribution in [1.29, 1.82) is 0 Å². The summed E-state index contributed by atoms with van der Waals surface area (Å²) in [7, 11) is 1.64. The van der Waals surface area contributed by atoms with Crippen LogP contribution in [-0.2, 0) is 9.59 Å². The van der Waals surface area contributed by atoms with Crippen molar-refractivity contribution in [1.82, 2.24) is 4.90 Å². The normalized spacial score (nSPS) is 20.6. The lowest BCUT2D eigenvalue weighted by Crippen LogP contribution is -2.48. The van der Waals surface area contributed by atoms with Crippen LogP contribution in [0.5, 0.6) is 5.75 Å². The van der Waals surface area contributed by atoms with Crippen LogP contribution in [0.3, 0.4) is 0 Å². The molecule has 0 aromatic heterocycles. The quantitative estimate of drug-likeness (QED) is 0.731. The van der Waals surface area contributed by atoms with E-state index in [1.807, 2.05) is 24.3 Å². The summed E-state index contributed by atoms with van der Waals surface area (Å²) in [5.74, 6) is -0.329. The number of nitrogens with zero attached hydrogens (tertiary/aromatic N) is 2. The van der Waals surface area contributed by atoms with E-state index in [1.165, 1.54) is 18.2 Å². The second kappa shape index (κ2) is 8.62. The number of carbonyl (C=O) groups is 2. The minimum absolute atomic E-state index is 0.109. The summed E-state index contributed by atoms with van der Waals surface area (Å²) >= 11 is 5.82. The molecule has 158 valence electrons. The summed E-state index contributed by atoms with van der Waals surface area (Å²) in [6, 6.07) is 11.5. The molecule has 2 amide bonds. The van der Waals surface area contributed by atoms with Gasteiger partial charge in [0.1, 0.15) is 11.6 Å². The van der Waals surface area contributed by atoms with Gasteiger partial charge in [-0.25, -0.2) is 9.29 Å². The van der Waals surface area contributed by atoms with E-state index in [0.29, 0.717) is 11.7 Å². The van der Waals surface area contributed by atoms with E-state index in [1.54, 1.807) is 7.11 Å². The standard InChI is InChI=1S/C22H23ClFN3O3/c1-30-17-5-2-14(3-6-17)25-15-8-10-26(11-9-15)20-13-21(28)27(22(20)29)16-4-7-19(24)18(23)12-16/h2-7,12,15,20,25H,8-11,13H2,1H3/t20-/m1/s1. The minimum atomic E-state index is -0.581. The molecule has 2 aromatic carbocycles. The molecule has 0 radical (unpaired) electrons. The minimum Gasteiger partial charge on any atom is -0.497 e. The summed E-state index contributed by atoms with van der Waals surface area (Å²) in [6.07, 6.45) is 1.86. The smallest absolute Gasteiger partial charge is 0.251 e. The number of halogens is 2. The lowest BCUT2D eigenvalue weighted by Gasteiger charge is -2.35. The third kappa shape index (κ3) is 4.13. The predicted octanol–water partition coefficient (Wildman–Crippen LogP) is 3.70. The first-order valence-corrected chi connectivity index (χ1v) is 10.3. The fraction of sp³-hybridized carbons (Fsp3) is 0.364. The molecule has 4 rings (SSSR count). The number of anilines is 2. The molecule has 0 unspecified atom stereocenters. The summed E-state index contributed by atoms with van der Waals surface area (Å²) in [5, 5.41) is 3.41. The fourth-order valence-corrected chi connectivity index (χ4v) is 4.25. The Hall–Kier alpha value is -2.64. The van der Waals surface area contributed by atoms with Gasteiger partial charge in [0.2, 0.25) is 5.91 Å². The second-order valence-electron chi connectivity index (χ2n) is 7.57. The van der Waals surface area contributed by atoms with Crippen molar-refractivity contribution in [3.05, 3.63) is 53.3 Å². The summed E-state index contributed by atoms with van der Waals surface area (Å²) in [4.78, 5) is 28.6. The number of imide groups is 1. The Morgan fingerprint density at radius 2 is 1.80 bits per heavy atom. The van der Waals surface area contributed by atoms with E-state index in [9.17, 15) is 14.0 Å². The van der Waals surface area contributed by atoms with E-state index < -0.39 is 11.9 Å². The lowest BCUT2D eigenvalue weighted by molar-refractivity contribution is -0.123. The van der Waals surface area contributed by atoms with Crippen LogP contribution < -0.4 is 15.0 Å². The maximum Gasteiger partial charge on any atom is 0.251 e. The van der Waals surface area contributed by atoms with Crippen molar-refractivity contribution in [2.75, 3.05) is 30.4 Å². The van der Waals surface area contributed by atoms with Crippen LogP contribution in [-0.4, -0.2) is 49.0 Å². The fourth-order valence-electron chi connectivity index (χ4n) is 4.07. The molecule has 2 aliphatic heterocycles. The van der Waals surface area contributed by atoms with Gasteiger partial charge in [0, 0.05) is 24.8 Å². The van der Waals surface area contributed by atoms with Crippen LogP contribution in [0.4, 0.5) is 15.8 Å². The Balaban J connectivity index is 1.37. The van der Waals surface area contributed by atoms with Crippen LogP contribution in [0.1, 0.15) is 19.3 Å². The molecule has 8 heteroatoms. The largest absolute Gasteiger partial charge is 0.497 e. The lowest BCUT2D eigenvalue weighted by atomic mass is 10.0. The van der Waals surface area contributed by atoms with Gasteiger partial charge in [-0.3, -0.25) is 14.5 Å². The van der Waals surface area contributed by atoms with Gasteiger partial charge in [-0.05, 0) is 55.3 Å². The van der Waals surface area contributed by atoms with Crippen molar-refractivity contribution < 1.29 is 18.7 Å². The zero-order chi connectivity index (χ0) is 21.3. The first-order chi connectivity index (χ1) is 14.5. The molecular formula is C22H23ClFN3O3. The highest BCUT2D eigenvalue weighted by atomic mass is 35.5. The second-order valence-corrected chi connectivity index (χ2v) is 7.98. The Morgan fingerprint density at radius 1 is 1.10 bits per heavy atom. The number of likely N-dealkylation sites (tertiary alicyclic amines) is 1. The number of amides is 2. The highest BCUT2D eigenvalue weighted by Gasteiger charge is 2.43. The van der Waals surface area contributed by atoms with Gasteiger partial charge in [-0.2, -0.15) is 0 Å². The molecule has 0 aliphatic carbocycles. The number of nitrogens with one attached hydrogen (secondary N) is 1. The SMILES string of the molecule is COc1ccc(NC2CCN([C@@H]3CC(=O)N(c4ccc(F)c(Cl)c4)C3=O)CC2)cc1. The number of hydrogen-bond donors (Lipinski definition) is 1. The zero-order valence-corrected chi connectivity index (χ0v) is 17.4. The van der Waals surface area contributed by atoms with Crippen molar-refractivity contribution in [3.63, 3.8) is 0 Å². The predicted molar refractivity (Wildman–Crippen MR) is 114 cm³/mol. The van der Waals surface area contributed by atoms with Gasteiger partial charge in [-0.15, -0.1) is 0 Å². The van der Waals surface area contributed by atoms with Gasteiger partial charge in [0.25, 0.3) is 5.91 Å². The van der Waals surface area contributed by atoms with Crippen LogP contribution in [0, 0.1) is 5.82 Å². The molecule has 30 heavy (non-hydrogen) atoms. The first-order valence-electron chi connectivity index (χ1n) is 9.93. The maximum absolute atomic E-state index is 13.4. The average molecular weight is 432 g/mol. The number of piperidine rings is 1. The van der Waals surface area contributed by atoms with Crippen LogP contribution >= 0.6 is 11.6 Å². The summed E-state index contributed by atoms with van der Waals surface area (Å²) < 4.78 is 18.6. The van der Waals surface area contributed by atoms with Gasteiger partial charge in [0.15, 0.2) is 0 Å². The molecular weight excluding hydrogens is 409 g/mol. The molecule has 0 bridgehead atoms. The first kappa shape index (κ1) is 20.6. The number of carbonyl (C=O) groups excluding carboxylic acids is 2. The molecule has 6 nitrogen and oxygen atoms in total. The van der Waals surface area contributed by atoms with Gasteiger partial charge in [0.05, 0.1) is 30.3 Å². The number of hydrogen-bond acceptors (Lipinski definition) is 5. The number of methoxy groups -OCH3 is 1. The Morgan fingerprint density at radius 3 is 2.43 bits per heavy atom. The van der Waals surface area contributed by atoms with Crippen LogP contribution in [0.15, 0.2) is 42.5 Å². The van der Waals surface area contributed by atoms with Crippen LogP contribution in [0.25, 0.3) is 0 Å². The molecule has 1 atom stereocenters. The molecule has 0 saturated carbocycles. The van der Waals surface area contributed by atoms with E-state index in [2.05, 4.69) is 10.2 Å². The van der Waals surface area contributed by atoms with E-state index in [4.69, 9.17) is 16.3 Å². The van der Waals surface area contributed by atoms with E-state index >= 15 is 0 Å². The number of ether oxygens (including phenoxy) is 1. The van der Waals surface area contributed by atoms with E-state index in [-0.39, 0.29) is 23.3 Å². The molecule has 2 saturated heterocycles. The Labute approximate surface area is 179 Å². The molecule has 1 N–H and O–H groups in total. The summed E-state index contributed by atoms with van der Waals surface area (Å²) in [6.45, 7) is 1.44. The van der Waals surface area contributed by atoms with E-state index in [0.717, 1.165) is 42.3 Å². The van der Waals surface area contributed by atoms with Gasteiger partial charge in [-0.1, -0.05) is 11.6 Å². The Kier molecular flexibility index (Phi) is 5.92. The van der Waals surface area contributed by atoms with Crippen LogP contribution in [0.2, 0.25) is 5.02 Å². The number of benzene rings is 2. The maximum atomic E-state index is 13.4. The average Bonchev–Trinajstić information content (AvgIpc) is 3.05. The number of rotatable bonds is 5. The van der Waals surface area contributed by atoms with Crippen molar-refractivity contribution in [3.8, 4) is 5.75 Å². The van der Waals surface area contributed by atoms with Crippen molar-refractivity contribution in [2.45, 2.75) is 31.3 Å².